The predicted octanol–water partition coefficient (Wildman–Crippen LogP) is 0.949. The normalized spacial score (nSPS) is 23.3. The number of halogens is 1. The maximum Gasteiger partial charge on any atom is 0.261 e. The molecular formula is C14H16BrN3O2. The van der Waals surface area contributed by atoms with Gasteiger partial charge in [-0.15, -0.1) is 0 Å². The third-order valence-electron chi connectivity index (χ3n) is 3.79. The van der Waals surface area contributed by atoms with Crippen molar-refractivity contribution in [3.63, 3.8) is 0 Å². The number of likely N-dealkylation sites (N-methyl/N-ethyl adjacent to an activating group) is 1. The lowest BCUT2D eigenvalue weighted by Crippen LogP contribution is -2.54. The fourth-order valence-corrected chi connectivity index (χ4v) is 3.12. The smallest absolute Gasteiger partial charge is 0.261 e. The molecule has 6 heteroatoms. The van der Waals surface area contributed by atoms with Gasteiger partial charge in [0, 0.05) is 36.7 Å². The zero-order valence-corrected chi connectivity index (χ0v) is 12.8. The topological polar surface area (TPSA) is 52.6 Å². The lowest BCUT2D eigenvalue weighted by Gasteiger charge is -2.32. The molecule has 0 bridgehead atoms. The third kappa shape index (κ3) is 2.39. The molecule has 2 aliphatic rings. The van der Waals surface area contributed by atoms with Crippen molar-refractivity contribution in [2.75, 3.05) is 33.2 Å². The molecule has 1 saturated heterocycles. The van der Waals surface area contributed by atoms with Crippen LogP contribution in [-0.4, -0.2) is 60.9 Å². The van der Waals surface area contributed by atoms with Crippen LogP contribution >= 0.6 is 15.9 Å². The molecule has 2 amide bonds. The minimum absolute atomic E-state index is 0.138. The van der Waals surface area contributed by atoms with Gasteiger partial charge in [-0.3, -0.25) is 14.5 Å². The number of carbonyl (C=O) groups is 2. The number of fused-ring (bicyclic) bond motifs is 1. The predicted molar refractivity (Wildman–Crippen MR) is 78.8 cm³/mol. The van der Waals surface area contributed by atoms with Gasteiger partial charge in [-0.05, 0) is 25.2 Å². The average molecular weight is 338 g/mol. The van der Waals surface area contributed by atoms with Crippen molar-refractivity contribution in [2.45, 2.75) is 6.04 Å². The molecule has 2 aliphatic heterocycles. The molecule has 1 unspecified atom stereocenters. The summed E-state index contributed by atoms with van der Waals surface area (Å²) in [6.45, 7) is 3.15. The first-order valence-electron chi connectivity index (χ1n) is 6.64. The Morgan fingerprint density at radius 1 is 1.30 bits per heavy atom. The number of carbonyl (C=O) groups excluding carboxylic acids is 2. The molecule has 1 aromatic rings. The van der Waals surface area contributed by atoms with Gasteiger partial charge in [-0.25, -0.2) is 0 Å². The quantitative estimate of drug-likeness (QED) is 0.816. The summed E-state index contributed by atoms with van der Waals surface area (Å²) in [7, 11) is 2.05. The molecule has 3 rings (SSSR count). The first-order valence-corrected chi connectivity index (χ1v) is 7.43. The zero-order chi connectivity index (χ0) is 14.3. The van der Waals surface area contributed by atoms with E-state index in [1.807, 2.05) is 7.05 Å². The fourth-order valence-electron chi connectivity index (χ4n) is 2.76. The Labute approximate surface area is 126 Å². The van der Waals surface area contributed by atoms with Crippen LogP contribution in [0.3, 0.4) is 0 Å². The molecule has 2 heterocycles. The van der Waals surface area contributed by atoms with E-state index in [0.717, 1.165) is 24.1 Å². The number of nitrogens with one attached hydrogen (secondary N) is 1. The Morgan fingerprint density at radius 2 is 2.05 bits per heavy atom. The molecule has 5 nitrogen and oxygen atoms in total. The molecule has 106 valence electrons. The number of hydrogen-bond donors (Lipinski definition) is 1. The molecule has 20 heavy (non-hydrogen) atoms. The lowest BCUT2D eigenvalue weighted by molar-refractivity contribution is 0.0621. The van der Waals surface area contributed by atoms with Gasteiger partial charge >= 0.3 is 0 Å². The Morgan fingerprint density at radius 3 is 2.80 bits per heavy atom. The Hall–Kier alpha value is -1.24. The number of nitrogens with zero attached hydrogens (tertiary/aromatic N) is 2. The first-order chi connectivity index (χ1) is 9.56. The summed E-state index contributed by atoms with van der Waals surface area (Å²) < 4.78 is 0.815. The second-order valence-electron chi connectivity index (χ2n) is 5.32. The lowest BCUT2D eigenvalue weighted by atomic mass is 10.1. The van der Waals surface area contributed by atoms with Crippen molar-refractivity contribution in [1.82, 2.24) is 15.1 Å². The monoisotopic (exact) mass is 337 g/mol. The van der Waals surface area contributed by atoms with E-state index >= 15 is 0 Å². The standard InChI is InChI=1S/C14H16BrN3O2/c1-17-5-4-16-10(7-17)8-18-13(19)11-3-2-9(15)6-12(11)14(18)20/h2-3,6,10,16H,4-5,7-8H2,1H3. The van der Waals surface area contributed by atoms with Crippen LogP contribution in [0.4, 0.5) is 0 Å². The van der Waals surface area contributed by atoms with Crippen LogP contribution in [0.2, 0.25) is 0 Å². The summed E-state index contributed by atoms with van der Waals surface area (Å²) in [5.74, 6) is -0.381. The molecule has 0 radical (unpaired) electrons. The first kappa shape index (κ1) is 13.7. The number of amides is 2. The van der Waals surface area contributed by atoms with Gasteiger partial charge in [0.05, 0.1) is 11.1 Å². The van der Waals surface area contributed by atoms with Crippen LogP contribution in [-0.2, 0) is 0 Å². The molecule has 1 atom stereocenters. The highest BCUT2D eigenvalue weighted by Crippen LogP contribution is 2.26. The molecular weight excluding hydrogens is 322 g/mol. The van der Waals surface area contributed by atoms with Crippen LogP contribution in [0.25, 0.3) is 0 Å². The van der Waals surface area contributed by atoms with Crippen molar-refractivity contribution in [2.24, 2.45) is 0 Å². The van der Waals surface area contributed by atoms with Crippen molar-refractivity contribution in [1.29, 1.82) is 0 Å². The summed E-state index contributed by atoms with van der Waals surface area (Å²) in [5, 5.41) is 3.36. The summed E-state index contributed by atoms with van der Waals surface area (Å²) in [4.78, 5) is 28.2. The van der Waals surface area contributed by atoms with E-state index in [1.165, 1.54) is 4.90 Å². The van der Waals surface area contributed by atoms with Crippen LogP contribution < -0.4 is 5.32 Å². The minimum Gasteiger partial charge on any atom is -0.310 e. The average Bonchev–Trinajstić information content (AvgIpc) is 2.64. The van der Waals surface area contributed by atoms with Gasteiger partial charge in [0.1, 0.15) is 0 Å². The van der Waals surface area contributed by atoms with Crippen LogP contribution in [0.1, 0.15) is 20.7 Å². The largest absolute Gasteiger partial charge is 0.310 e. The number of piperazine rings is 1. The van der Waals surface area contributed by atoms with Gasteiger partial charge < -0.3 is 10.2 Å². The second kappa shape index (κ2) is 5.27. The molecule has 1 N–H and O–H groups in total. The highest BCUT2D eigenvalue weighted by molar-refractivity contribution is 9.10. The fraction of sp³-hybridized carbons (Fsp3) is 0.429. The maximum absolute atomic E-state index is 12.4. The van der Waals surface area contributed by atoms with Crippen molar-refractivity contribution < 1.29 is 9.59 Å². The number of imide groups is 1. The summed E-state index contributed by atoms with van der Waals surface area (Å²) in [6.07, 6.45) is 0. The molecule has 0 aliphatic carbocycles. The van der Waals surface area contributed by atoms with E-state index in [9.17, 15) is 9.59 Å². The van der Waals surface area contributed by atoms with E-state index < -0.39 is 0 Å². The maximum atomic E-state index is 12.4. The van der Waals surface area contributed by atoms with Gasteiger partial charge in [0.2, 0.25) is 0 Å². The van der Waals surface area contributed by atoms with Crippen molar-refractivity contribution in [3.05, 3.63) is 33.8 Å². The van der Waals surface area contributed by atoms with Gasteiger partial charge in [-0.2, -0.15) is 0 Å². The van der Waals surface area contributed by atoms with Crippen LogP contribution in [0.5, 0.6) is 0 Å². The van der Waals surface area contributed by atoms with Crippen molar-refractivity contribution in [3.8, 4) is 0 Å². The summed E-state index contributed by atoms with van der Waals surface area (Å²) >= 11 is 3.34. The highest BCUT2D eigenvalue weighted by Gasteiger charge is 2.37. The Balaban J connectivity index is 1.79. The summed E-state index contributed by atoms with van der Waals surface area (Å²) in [5.41, 5.74) is 0.996. The summed E-state index contributed by atoms with van der Waals surface area (Å²) in [6, 6.07) is 5.36. The Bertz CT molecular complexity index is 576. The molecule has 0 aromatic heterocycles. The molecule has 1 fully saturated rings. The Kier molecular flexibility index (Phi) is 3.62. The van der Waals surface area contributed by atoms with Crippen LogP contribution in [0, 0.1) is 0 Å². The van der Waals surface area contributed by atoms with Gasteiger partial charge in [0.15, 0.2) is 0 Å². The second-order valence-corrected chi connectivity index (χ2v) is 6.24. The highest BCUT2D eigenvalue weighted by atomic mass is 79.9. The zero-order valence-electron chi connectivity index (χ0n) is 11.2. The number of hydrogen-bond acceptors (Lipinski definition) is 4. The van der Waals surface area contributed by atoms with Gasteiger partial charge in [-0.1, -0.05) is 15.9 Å². The minimum atomic E-state index is -0.193. The van der Waals surface area contributed by atoms with E-state index in [1.54, 1.807) is 18.2 Å². The molecule has 0 saturated carbocycles. The number of rotatable bonds is 2. The van der Waals surface area contributed by atoms with Crippen molar-refractivity contribution >= 4 is 27.7 Å². The molecule has 1 aromatic carbocycles. The SMILES string of the molecule is CN1CCNC(CN2C(=O)c3ccc(Br)cc3C2=O)C1. The third-order valence-corrected chi connectivity index (χ3v) is 4.29. The van der Waals surface area contributed by atoms with E-state index in [2.05, 4.69) is 26.1 Å². The number of benzene rings is 1. The van der Waals surface area contributed by atoms with E-state index in [0.29, 0.717) is 17.7 Å². The van der Waals surface area contributed by atoms with E-state index in [4.69, 9.17) is 0 Å². The van der Waals surface area contributed by atoms with Gasteiger partial charge in [0.25, 0.3) is 11.8 Å². The van der Waals surface area contributed by atoms with E-state index in [-0.39, 0.29) is 17.9 Å². The molecule has 0 spiro atoms. The van der Waals surface area contributed by atoms with Crippen LogP contribution in [0.15, 0.2) is 22.7 Å².